The number of phenols is 1. The highest BCUT2D eigenvalue weighted by molar-refractivity contribution is 6.31. The van der Waals surface area contributed by atoms with Gasteiger partial charge in [-0.05, 0) is 12.1 Å². The minimum Gasteiger partial charge on any atom is -0.507 e. The van der Waals surface area contributed by atoms with Crippen LogP contribution in [0.3, 0.4) is 0 Å². The van der Waals surface area contributed by atoms with E-state index in [0.717, 1.165) is 0 Å². The molecule has 6 nitrogen and oxygen atoms in total. The molecule has 0 unspecified atom stereocenters. The molecule has 0 aliphatic heterocycles. The van der Waals surface area contributed by atoms with Crippen LogP contribution in [-0.4, -0.2) is 21.8 Å². The molecule has 0 saturated carbocycles. The maximum Gasteiger partial charge on any atom is 0.234 e. The van der Waals surface area contributed by atoms with E-state index < -0.39 is 11.6 Å². The van der Waals surface area contributed by atoms with E-state index in [1.165, 1.54) is 12.1 Å². The first-order valence-corrected chi connectivity index (χ1v) is 6.85. The van der Waals surface area contributed by atoms with Crippen molar-refractivity contribution < 1.29 is 19.2 Å². The lowest BCUT2D eigenvalue weighted by Crippen LogP contribution is -2.21. The first-order valence-electron chi connectivity index (χ1n) is 6.85. The summed E-state index contributed by atoms with van der Waals surface area (Å²) in [5.74, 6) is -1.53. The van der Waals surface area contributed by atoms with Crippen LogP contribution in [0.5, 0.6) is 5.75 Å². The molecule has 0 radical (unpaired) electrons. The zero-order chi connectivity index (χ0) is 16.1. The molecule has 0 atom stereocenters. The van der Waals surface area contributed by atoms with Gasteiger partial charge in [0.25, 0.3) is 0 Å². The number of nitrogens with two attached hydrogens (primary N) is 1. The number of hydrogen-bond donors (Lipinski definition) is 2. The Morgan fingerprint density at radius 1 is 0.913 bits per heavy atom. The Labute approximate surface area is 130 Å². The van der Waals surface area contributed by atoms with Gasteiger partial charge in [-0.15, -0.1) is 0 Å². The molecule has 112 valence electrons. The maximum absolute atomic E-state index is 12.8. The Hall–Kier alpha value is -3.41. The van der Waals surface area contributed by atoms with Crippen molar-refractivity contribution in [1.29, 1.82) is 0 Å². The topological polar surface area (TPSA) is 106 Å². The first kappa shape index (κ1) is 13.3. The van der Waals surface area contributed by atoms with Gasteiger partial charge in [-0.3, -0.25) is 9.59 Å². The minimum atomic E-state index is -0.558. The fourth-order valence-corrected chi connectivity index (χ4v) is 2.77. The molecule has 3 N–H and O–H groups in total. The number of ketones is 2. The Kier molecular flexibility index (Phi) is 2.62. The van der Waals surface area contributed by atoms with Crippen molar-refractivity contribution in [3.8, 4) is 17.0 Å². The van der Waals surface area contributed by atoms with Gasteiger partial charge in [0, 0.05) is 11.3 Å². The molecule has 0 bridgehead atoms. The molecule has 0 spiro atoms. The number of phenolic OH excluding ortho intramolecular Hbond substituents is 1. The second-order valence-electron chi connectivity index (χ2n) is 5.18. The summed E-state index contributed by atoms with van der Waals surface area (Å²) in [5, 5.41) is 13.9. The Morgan fingerprint density at radius 2 is 1.65 bits per heavy atom. The van der Waals surface area contributed by atoms with Gasteiger partial charge in [0.15, 0.2) is 0 Å². The lowest BCUT2D eigenvalue weighted by Gasteiger charge is -2.16. The van der Waals surface area contributed by atoms with Crippen LogP contribution in [0.1, 0.15) is 32.0 Å². The third kappa shape index (κ3) is 1.72. The number of aromatic nitrogens is 1. The van der Waals surface area contributed by atoms with Gasteiger partial charge in [0.2, 0.25) is 17.3 Å². The van der Waals surface area contributed by atoms with E-state index in [0.29, 0.717) is 5.56 Å². The number of hydrogen-bond acceptors (Lipinski definition) is 6. The minimum absolute atomic E-state index is 0.0433. The zero-order valence-electron chi connectivity index (χ0n) is 11.7. The van der Waals surface area contributed by atoms with E-state index in [4.69, 9.17) is 10.3 Å². The van der Waals surface area contributed by atoms with Crippen LogP contribution in [0.25, 0.3) is 11.3 Å². The van der Waals surface area contributed by atoms with Gasteiger partial charge >= 0.3 is 0 Å². The quantitative estimate of drug-likeness (QED) is 0.413. The molecule has 0 amide bonds. The molecule has 1 aromatic heterocycles. The zero-order valence-corrected chi connectivity index (χ0v) is 11.7. The second kappa shape index (κ2) is 4.54. The van der Waals surface area contributed by atoms with Crippen molar-refractivity contribution in [2.24, 2.45) is 0 Å². The van der Waals surface area contributed by atoms with Gasteiger partial charge in [-0.2, -0.15) is 0 Å². The average Bonchev–Trinajstić information content (AvgIpc) is 3.01. The smallest absolute Gasteiger partial charge is 0.234 e. The van der Waals surface area contributed by atoms with E-state index in [2.05, 4.69) is 5.16 Å². The summed E-state index contributed by atoms with van der Waals surface area (Å²) < 4.78 is 5.12. The molecule has 3 aromatic rings. The monoisotopic (exact) mass is 306 g/mol. The summed E-state index contributed by atoms with van der Waals surface area (Å²) in [4.78, 5) is 25.4. The third-order valence-electron chi connectivity index (χ3n) is 3.84. The van der Waals surface area contributed by atoms with Crippen molar-refractivity contribution in [3.05, 3.63) is 64.9 Å². The molecule has 2 aromatic carbocycles. The Morgan fingerprint density at radius 3 is 2.39 bits per heavy atom. The number of benzene rings is 2. The number of nitrogens with zero attached hydrogens (tertiary/aromatic N) is 1. The SMILES string of the molecule is Nc1ccc(O)c2c1C(=O)c1onc(-c3ccccc3)c1C2=O. The highest BCUT2D eigenvalue weighted by Crippen LogP contribution is 2.39. The van der Waals surface area contributed by atoms with E-state index in [1.807, 2.05) is 6.07 Å². The first-order chi connectivity index (χ1) is 11.1. The number of nitrogen functional groups attached to an aromatic ring is 1. The van der Waals surface area contributed by atoms with Crippen molar-refractivity contribution in [3.63, 3.8) is 0 Å². The number of fused-ring (bicyclic) bond motifs is 2. The highest BCUT2D eigenvalue weighted by atomic mass is 16.5. The summed E-state index contributed by atoms with van der Waals surface area (Å²) in [5.41, 5.74) is 6.71. The molecule has 1 aliphatic carbocycles. The van der Waals surface area contributed by atoms with Gasteiger partial charge in [0.1, 0.15) is 17.0 Å². The van der Waals surface area contributed by atoms with Crippen molar-refractivity contribution in [1.82, 2.24) is 5.16 Å². The van der Waals surface area contributed by atoms with Crippen molar-refractivity contribution >= 4 is 17.3 Å². The summed E-state index contributed by atoms with van der Waals surface area (Å²) in [6, 6.07) is 11.6. The molecule has 6 heteroatoms. The standard InChI is InChI=1S/C17H10N2O4/c18-9-6-7-10(20)12-11(9)16(22)17-13(15(12)21)14(19-23-17)8-4-2-1-3-5-8/h1-7,20H,18H2. The molecule has 1 heterocycles. The molecular weight excluding hydrogens is 296 g/mol. The molecule has 23 heavy (non-hydrogen) atoms. The van der Waals surface area contributed by atoms with Crippen LogP contribution in [0.4, 0.5) is 5.69 Å². The van der Waals surface area contributed by atoms with Crippen LogP contribution in [0, 0.1) is 0 Å². The largest absolute Gasteiger partial charge is 0.507 e. The van der Waals surface area contributed by atoms with Crippen LogP contribution in [-0.2, 0) is 0 Å². The summed E-state index contributed by atoms with van der Waals surface area (Å²) in [6.07, 6.45) is 0. The number of carbonyl (C=O) groups is 2. The van der Waals surface area contributed by atoms with Crippen molar-refractivity contribution in [2.75, 3.05) is 5.73 Å². The number of anilines is 1. The average molecular weight is 306 g/mol. The van der Waals surface area contributed by atoms with E-state index in [-0.39, 0.29) is 39.6 Å². The van der Waals surface area contributed by atoms with Gasteiger partial charge < -0.3 is 15.4 Å². The molecular formula is C17H10N2O4. The lowest BCUT2D eigenvalue weighted by molar-refractivity contribution is 0.0953. The second-order valence-corrected chi connectivity index (χ2v) is 5.18. The molecule has 0 saturated heterocycles. The normalized spacial score (nSPS) is 12.9. The summed E-state index contributed by atoms with van der Waals surface area (Å²) in [6.45, 7) is 0. The highest BCUT2D eigenvalue weighted by Gasteiger charge is 2.39. The van der Waals surface area contributed by atoms with Gasteiger partial charge in [-0.1, -0.05) is 35.5 Å². The van der Waals surface area contributed by atoms with Gasteiger partial charge in [-0.25, -0.2) is 0 Å². The summed E-state index contributed by atoms with van der Waals surface area (Å²) >= 11 is 0. The molecule has 4 rings (SSSR count). The fourth-order valence-electron chi connectivity index (χ4n) is 2.77. The molecule has 1 aliphatic rings. The molecule has 0 fully saturated rings. The number of aromatic hydroxyl groups is 1. The number of rotatable bonds is 1. The van der Waals surface area contributed by atoms with Crippen LogP contribution < -0.4 is 5.73 Å². The fraction of sp³-hybridized carbons (Fsp3) is 0. The Balaban J connectivity index is 2.01. The van der Waals surface area contributed by atoms with E-state index in [1.54, 1.807) is 24.3 Å². The third-order valence-corrected chi connectivity index (χ3v) is 3.84. The predicted octanol–water partition coefficient (Wildman–Crippen LogP) is 2.40. The van der Waals surface area contributed by atoms with Crippen LogP contribution in [0.15, 0.2) is 47.0 Å². The van der Waals surface area contributed by atoms with Gasteiger partial charge in [0.05, 0.1) is 11.1 Å². The van der Waals surface area contributed by atoms with Crippen molar-refractivity contribution in [2.45, 2.75) is 0 Å². The van der Waals surface area contributed by atoms with Crippen LogP contribution >= 0.6 is 0 Å². The lowest BCUT2D eigenvalue weighted by atomic mass is 9.85. The summed E-state index contributed by atoms with van der Waals surface area (Å²) in [7, 11) is 0. The predicted molar refractivity (Wildman–Crippen MR) is 81.3 cm³/mol. The van der Waals surface area contributed by atoms with E-state index in [9.17, 15) is 14.7 Å². The van der Waals surface area contributed by atoms with E-state index >= 15 is 0 Å². The Bertz CT molecular complexity index is 974. The van der Waals surface area contributed by atoms with Crippen LogP contribution in [0.2, 0.25) is 0 Å². The maximum atomic E-state index is 12.8. The number of carbonyl (C=O) groups excluding carboxylic acids is 2.